The number of nitrogens with zero attached hydrogens (tertiary/aromatic N) is 2. The highest BCUT2D eigenvalue weighted by Crippen LogP contribution is 2.35. The summed E-state index contributed by atoms with van der Waals surface area (Å²) in [7, 11) is 1.70. The van der Waals surface area contributed by atoms with Gasteiger partial charge < -0.3 is 4.74 Å². The molecule has 100 valence electrons. The summed E-state index contributed by atoms with van der Waals surface area (Å²) in [5.41, 5.74) is 2.21. The lowest BCUT2D eigenvalue weighted by Crippen LogP contribution is -2.24. The number of hydrogen-bond donors (Lipinski definition) is 0. The van der Waals surface area contributed by atoms with Gasteiger partial charge in [-0.05, 0) is 31.1 Å². The minimum absolute atomic E-state index is 0.0407. The van der Waals surface area contributed by atoms with Crippen molar-refractivity contribution in [3.63, 3.8) is 0 Å². The molecule has 0 spiro atoms. The number of fused-ring (bicyclic) bond motifs is 1. The maximum absolute atomic E-state index is 6.29. The summed E-state index contributed by atoms with van der Waals surface area (Å²) >= 11 is 6.29. The van der Waals surface area contributed by atoms with Crippen molar-refractivity contribution in [3.8, 4) is 0 Å². The first kappa shape index (κ1) is 13.8. The molecule has 1 aliphatic rings. The van der Waals surface area contributed by atoms with E-state index >= 15 is 0 Å². The number of aromatic nitrogens is 2. The third kappa shape index (κ3) is 2.67. The van der Waals surface area contributed by atoms with Crippen LogP contribution >= 0.6 is 11.6 Å². The van der Waals surface area contributed by atoms with Gasteiger partial charge in [-0.1, -0.05) is 32.4 Å². The summed E-state index contributed by atoms with van der Waals surface area (Å²) in [6.07, 6.45) is 4.25. The standard InChI is InChI=1S/C14H21ClN2O/c1-14(2,3)11(18-4)13-16-10-8-6-5-7-9(10)12(15)17-13/h11H,5-8H2,1-4H3. The van der Waals surface area contributed by atoms with E-state index in [4.69, 9.17) is 21.3 Å². The summed E-state index contributed by atoms with van der Waals surface area (Å²) in [6.45, 7) is 6.37. The smallest absolute Gasteiger partial charge is 0.159 e. The Labute approximate surface area is 114 Å². The lowest BCUT2D eigenvalue weighted by Gasteiger charge is -2.29. The fourth-order valence-electron chi connectivity index (χ4n) is 2.53. The Morgan fingerprint density at radius 1 is 1.17 bits per heavy atom. The van der Waals surface area contributed by atoms with E-state index in [9.17, 15) is 0 Å². The van der Waals surface area contributed by atoms with Crippen molar-refractivity contribution >= 4 is 11.6 Å². The molecule has 0 radical (unpaired) electrons. The first-order chi connectivity index (χ1) is 8.43. The molecule has 0 fully saturated rings. The molecule has 1 aromatic heterocycles. The normalized spacial score (nSPS) is 17.4. The first-order valence-electron chi connectivity index (χ1n) is 6.51. The zero-order chi connectivity index (χ0) is 13.3. The Bertz CT molecular complexity index is 440. The van der Waals surface area contributed by atoms with Gasteiger partial charge in [0.1, 0.15) is 11.3 Å². The van der Waals surface area contributed by atoms with Crippen LogP contribution in [0, 0.1) is 5.41 Å². The summed E-state index contributed by atoms with van der Waals surface area (Å²) in [5.74, 6) is 0.718. The molecule has 1 atom stereocenters. The van der Waals surface area contributed by atoms with Gasteiger partial charge in [0.2, 0.25) is 0 Å². The van der Waals surface area contributed by atoms with Gasteiger partial charge in [0.05, 0.1) is 0 Å². The zero-order valence-electron chi connectivity index (χ0n) is 11.6. The number of halogens is 1. The van der Waals surface area contributed by atoms with Gasteiger partial charge in [0.25, 0.3) is 0 Å². The largest absolute Gasteiger partial charge is 0.373 e. The molecule has 0 bridgehead atoms. The van der Waals surface area contributed by atoms with Gasteiger partial charge in [-0.3, -0.25) is 0 Å². The molecule has 4 heteroatoms. The number of ether oxygens (including phenoxy) is 1. The topological polar surface area (TPSA) is 35.0 Å². The average Bonchev–Trinajstić information content (AvgIpc) is 2.28. The quantitative estimate of drug-likeness (QED) is 0.767. The second kappa shape index (κ2) is 5.14. The lowest BCUT2D eigenvalue weighted by atomic mass is 9.88. The van der Waals surface area contributed by atoms with Gasteiger partial charge in [-0.2, -0.15) is 0 Å². The van der Waals surface area contributed by atoms with Gasteiger partial charge >= 0.3 is 0 Å². The highest BCUT2D eigenvalue weighted by Gasteiger charge is 2.30. The second-order valence-electron chi connectivity index (χ2n) is 5.99. The second-order valence-corrected chi connectivity index (χ2v) is 6.34. The van der Waals surface area contributed by atoms with Gasteiger partial charge in [-0.15, -0.1) is 0 Å². The van der Waals surface area contributed by atoms with Crippen molar-refractivity contribution in [3.05, 3.63) is 22.2 Å². The Morgan fingerprint density at radius 2 is 1.83 bits per heavy atom. The van der Waals surface area contributed by atoms with Crippen LogP contribution < -0.4 is 0 Å². The van der Waals surface area contributed by atoms with E-state index in [0.717, 1.165) is 29.9 Å². The predicted octanol–water partition coefficient (Wildman–Crippen LogP) is 3.74. The summed E-state index contributed by atoms with van der Waals surface area (Å²) < 4.78 is 5.56. The van der Waals surface area contributed by atoms with Crippen LogP contribution in [-0.2, 0) is 17.6 Å². The molecule has 3 nitrogen and oxygen atoms in total. The van der Waals surface area contributed by atoms with Crippen LogP contribution in [0.3, 0.4) is 0 Å². The van der Waals surface area contributed by atoms with E-state index in [1.165, 1.54) is 12.8 Å². The lowest BCUT2D eigenvalue weighted by molar-refractivity contribution is 0.00845. The first-order valence-corrected chi connectivity index (χ1v) is 6.89. The third-order valence-electron chi connectivity index (χ3n) is 3.41. The fourth-order valence-corrected chi connectivity index (χ4v) is 2.82. The van der Waals surface area contributed by atoms with Crippen LogP contribution in [0.2, 0.25) is 5.15 Å². The summed E-state index contributed by atoms with van der Waals surface area (Å²) in [4.78, 5) is 9.14. The minimum Gasteiger partial charge on any atom is -0.373 e. The van der Waals surface area contributed by atoms with E-state index in [1.807, 2.05) is 0 Å². The molecule has 1 unspecified atom stereocenters. The van der Waals surface area contributed by atoms with Crippen molar-refractivity contribution < 1.29 is 4.74 Å². The van der Waals surface area contributed by atoms with Gasteiger partial charge in [0.15, 0.2) is 5.82 Å². The highest BCUT2D eigenvalue weighted by molar-refractivity contribution is 6.30. The van der Waals surface area contributed by atoms with Crippen LogP contribution in [0.25, 0.3) is 0 Å². The minimum atomic E-state index is -0.123. The van der Waals surface area contributed by atoms with E-state index < -0.39 is 0 Å². The Hall–Kier alpha value is -0.670. The van der Waals surface area contributed by atoms with Crippen LogP contribution in [0.15, 0.2) is 0 Å². The number of methoxy groups -OCH3 is 1. The van der Waals surface area contributed by atoms with E-state index in [0.29, 0.717) is 5.15 Å². The van der Waals surface area contributed by atoms with Gasteiger partial charge in [0, 0.05) is 18.4 Å². The number of rotatable bonds is 2. The van der Waals surface area contributed by atoms with E-state index in [1.54, 1.807) is 7.11 Å². The van der Waals surface area contributed by atoms with Crippen molar-refractivity contribution in [1.29, 1.82) is 0 Å². The van der Waals surface area contributed by atoms with E-state index in [-0.39, 0.29) is 11.5 Å². The van der Waals surface area contributed by atoms with Crippen LogP contribution in [0.4, 0.5) is 0 Å². The average molecular weight is 269 g/mol. The SMILES string of the molecule is COC(c1nc(Cl)c2c(n1)CCCC2)C(C)(C)C. The monoisotopic (exact) mass is 268 g/mol. The molecular formula is C14H21ClN2O. The molecule has 1 aliphatic carbocycles. The van der Waals surface area contributed by atoms with Crippen molar-refractivity contribution in [2.45, 2.75) is 52.6 Å². The fraction of sp³-hybridized carbons (Fsp3) is 0.714. The van der Waals surface area contributed by atoms with Gasteiger partial charge in [-0.25, -0.2) is 9.97 Å². The molecule has 1 heterocycles. The molecule has 2 rings (SSSR count). The van der Waals surface area contributed by atoms with Crippen molar-refractivity contribution in [2.24, 2.45) is 5.41 Å². The molecule has 0 aliphatic heterocycles. The van der Waals surface area contributed by atoms with Crippen LogP contribution in [0.5, 0.6) is 0 Å². The molecule has 1 aromatic rings. The van der Waals surface area contributed by atoms with Crippen molar-refractivity contribution in [2.75, 3.05) is 7.11 Å². The molecule has 0 aromatic carbocycles. The molecule has 18 heavy (non-hydrogen) atoms. The Kier molecular flexibility index (Phi) is 3.93. The van der Waals surface area contributed by atoms with Crippen molar-refractivity contribution in [1.82, 2.24) is 9.97 Å². The summed E-state index contributed by atoms with van der Waals surface area (Å²) in [6, 6.07) is 0. The Morgan fingerprint density at radius 3 is 2.44 bits per heavy atom. The zero-order valence-corrected chi connectivity index (χ0v) is 12.3. The maximum atomic E-state index is 6.29. The molecule has 0 amide bonds. The molecule has 0 saturated heterocycles. The molecule has 0 N–H and O–H groups in total. The predicted molar refractivity (Wildman–Crippen MR) is 72.9 cm³/mol. The number of hydrogen-bond acceptors (Lipinski definition) is 3. The molecule has 0 saturated carbocycles. The Balaban J connectivity index is 2.43. The molecular weight excluding hydrogens is 248 g/mol. The van der Waals surface area contributed by atoms with Crippen LogP contribution in [0.1, 0.15) is 56.8 Å². The van der Waals surface area contributed by atoms with Crippen LogP contribution in [-0.4, -0.2) is 17.1 Å². The highest BCUT2D eigenvalue weighted by atomic mass is 35.5. The maximum Gasteiger partial charge on any atom is 0.159 e. The third-order valence-corrected chi connectivity index (χ3v) is 3.72. The summed E-state index contributed by atoms with van der Waals surface area (Å²) in [5, 5.41) is 0.612. The van der Waals surface area contributed by atoms with E-state index in [2.05, 4.69) is 25.8 Å². The number of aryl methyl sites for hydroxylation is 1.